The maximum atomic E-state index is 13.0. The van der Waals surface area contributed by atoms with E-state index in [2.05, 4.69) is 5.32 Å². The van der Waals surface area contributed by atoms with Crippen LogP contribution in [0.4, 0.5) is 5.69 Å². The van der Waals surface area contributed by atoms with E-state index in [9.17, 15) is 14.4 Å². The Kier molecular flexibility index (Phi) is 7.55. The number of carbonyl (C=O) groups is 3. The first-order valence-electron chi connectivity index (χ1n) is 11.8. The largest absolute Gasteiger partial charge is 0.342 e. The fourth-order valence-corrected chi connectivity index (χ4v) is 4.57. The van der Waals surface area contributed by atoms with Crippen molar-refractivity contribution in [3.8, 4) is 0 Å². The molecule has 0 aromatic heterocycles. The zero-order valence-electron chi connectivity index (χ0n) is 18.9. The van der Waals surface area contributed by atoms with Gasteiger partial charge in [-0.1, -0.05) is 48.5 Å². The average Bonchev–Trinajstić information content (AvgIpc) is 2.88. The number of carbonyl (C=O) groups excluding carboxylic acids is 3. The van der Waals surface area contributed by atoms with Crippen LogP contribution in [-0.4, -0.2) is 53.7 Å². The highest BCUT2D eigenvalue weighted by molar-refractivity contribution is 5.93. The molecule has 0 aliphatic carbocycles. The Morgan fingerprint density at radius 2 is 1.27 bits per heavy atom. The van der Waals surface area contributed by atoms with Crippen molar-refractivity contribution in [2.24, 2.45) is 11.8 Å². The second-order valence-electron chi connectivity index (χ2n) is 8.80. The Labute approximate surface area is 195 Å². The summed E-state index contributed by atoms with van der Waals surface area (Å²) in [6, 6.07) is 19.2. The van der Waals surface area contributed by atoms with Crippen molar-refractivity contribution >= 4 is 29.5 Å². The van der Waals surface area contributed by atoms with Gasteiger partial charge in [-0.3, -0.25) is 14.4 Å². The van der Waals surface area contributed by atoms with E-state index < -0.39 is 0 Å². The Morgan fingerprint density at radius 3 is 1.91 bits per heavy atom. The van der Waals surface area contributed by atoms with E-state index in [4.69, 9.17) is 0 Å². The molecule has 172 valence electrons. The molecule has 2 heterocycles. The van der Waals surface area contributed by atoms with Gasteiger partial charge < -0.3 is 15.1 Å². The lowest BCUT2D eigenvalue weighted by atomic mass is 9.91. The number of likely N-dealkylation sites (tertiary alicyclic amines) is 2. The summed E-state index contributed by atoms with van der Waals surface area (Å²) in [4.78, 5) is 41.8. The lowest BCUT2D eigenvalue weighted by Gasteiger charge is -2.36. The summed E-state index contributed by atoms with van der Waals surface area (Å²) >= 11 is 0. The highest BCUT2D eigenvalue weighted by atomic mass is 16.2. The summed E-state index contributed by atoms with van der Waals surface area (Å²) in [6.07, 6.45) is 6.20. The molecule has 6 nitrogen and oxygen atoms in total. The molecule has 2 aromatic carbocycles. The van der Waals surface area contributed by atoms with Gasteiger partial charge in [-0.15, -0.1) is 0 Å². The Hall–Kier alpha value is -3.41. The molecule has 3 amide bonds. The first-order valence-corrected chi connectivity index (χ1v) is 11.8. The molecule has 6 heteroatoms. The molecule has 2 aliphatic rings. The maximum absolute atomic E-state index is 13.0. The second kappa shape index (κ2) is 10.9. The fourth-order valence-electron chi connectivity index (χ4n) is 4.57. The van der Waals surface area contributed by atoms with Crippen LogP contribution >= 0.6 is 0 Å². The number of nitrogens with one attached hydrogen (secondary N) is 1. The molecule has 1 N–H and O–H groups in total. The number of piperidine rings is 2. The number of amides is 3. The Bertz CT molecular complexity index is 974. The molecule has 0 atom stereocenters. The van der Waals surface area contributed by atoms with Gasteiger partial charge in [-0.05, 0) is 49.5 Å². The second-order valence-corrected chi connectivity index (χ2v) is 8.80. The van der Waals surface area contributed by atoms with Gasteiger partial charge in [0, 0.05) is 49.8 Å². The van der Waals surface area contributed by atoms with Gasteiger partial charge in [0.05, 0.1) is 0 Å². The number of nitrogens with zero attached hydrogens (tertiary/aromatic N) is 2. The lowest BCUT2D eigenvalue weighted by molar-refractivity contribution is -0.141. The number of hydrogen-bond acceptors (Lipinski definition) is 3. The van der Waals surface area contributed by atoms with Crippen LogP contribution in [0.25, 0.3) is 6.08 Å². The number of hydrogen-bond donors (Lipinski definition) is 1. The quantitative estimate of drug-likeness (QED) is 0.712. The third-order valence-electron chi connectivity index (χ3n) is 6.59. The minimum Gasteiger partial charge on any atom is -0.342 e. The first-order chi connectivity index (χ1) is 16.1. The molecule has 2 saturated heterocycles. The minimum atomic E-state index is -0.0647. The van der Waals surface area contributed by atoms with Gasteiger partial charge in [0.15, 0.2) is 0 Å². The van der Waals surface area contributed by atoms with Crippen molar-refractivity contribution in [1.29, 1.82) is 0 Å². The molecular weight excluding hydrogens is 414 g/mol. The van der Waals surface area contributed by atoms with Crippen LogP contribution < -0.4 is 5.32 Å². The molecule has 0 bridgehead atoms. The predicted octanol–water partition coefficient (Wildman–Crippen LogP) is 3.82. The summed E-state index contributed by atoms with van der Waals surface area (Å²) in [5.41, 5.74) is 1.80. The van der Waals surface area contributed by atoms with Crippen molar-refractivity contribution in [3.63, 3.8) is 0 Å². The zero-order valence-corrected chi connectivity index (χ0v) is 18.9. The van der Waals surface area contributed by atoms with Crippen LogP contribution in [0.2, 0.25) is 0 Å². The van der Waals surface area contributed by atoms with Crippen LogP contribution in [0.1, 0.15) is 31.2 Å². The van der Waals surface area contributed by atoms with Crippen molar-refractivity contribution in [1.82, 2.24) is 9.80 Å². The Morgan fingerprint density at radius 1 is 0.727 bits per heavy atom. The summed E-state index contributed by atoms with van der Waals surface area (Å²) in [6.45, 7) is 2.43. The normalized spacial score (nSPS) is 17.8. The van der Waals surface area contributed by atoms with E-state index in [1.165, 1.54) is 0 Å². The average molecular weight is 446 g/mol. The standard InChI is InChI=1S/C27H31N3O3/c31-25(12-11-21-7-3-1-4-8-21)29-17-15-23(16-18-29)27(33)30-19-13-22(14-20-30)26(32)28-24-9-5-2-6-10-24/h1-12,22-23H,13-20H2,(H,28,32). The molecule has 2 aromatic rings. The van der Waals surface area contributed by atoms with Gasteiger partial charge in [-0.25, -0.2) is 0 Å². The first kappa shape index (κ1) is 22.8. The monoisotopic (exact) mass is 445 g/mol. The topological polar surface area (TPSA) is 69.7 Å². The fraction of sp³-hybridized carbons (Fsp3) is 0.370. The molecule has 0 unspecified atom stereocenters. The summed E-state index contributed by atoms with van der Waals surface area (Å²) in [5, 5.41) is 2.97. The molecule has 0 saturated carbocycles. The molecule has 0 spiro atoms. The van der Waals surface area contributed by atoms with Crippen molar-refractivity contribution in [2.75, 3.05) is 31.5 Å². The zero-order chi connectivity index (χ0) is 23.0. The molecular formula is C27H31N3O3. The third kappa shape index (κ3) is 6.09. The van der Waals surface area contributed by atoms with E-state index in [0.717, 1.165) is 11.3 Å². The number of anilines is 1. The maximum Gasteiger partial charge on any atom is 0.246 e. The van der Waals surface area contributed by atoms with Crippen LogP contribution in [0, 0.1) is 11.8 Å². The summed E-state index contributed by atoms with van der Waals surface area (Å²) < 4.78 is 0. The van der Waals surface area contributed by atoms with Crippen molar-refractivity contribution < 1.29 is 14.4 Å². The van der Waals surface area contributed by atoms with Gasteiger partial charge in [0.2, 0.25) is 17.7 Å². The molecule has 2 aliphatic heterocycles. The third-order valence-corrected chi connectivity index (χ3v) is 6.59. The predicted molar refractivity (Wildman–Crippen MR) is 129 cm³/mol. The SMILES string of the molecule is O=C(Nc1ccccc1)C1CCN(C(=O)C2CCN(C(=O)C=Cc3ccccc3)CC2)CC1. The van der Waals surface area contributed by atoms with Crippen LogP contribution in [0.5, 0.6) is 0 Å². The van der Waals surface area contributed by atoms with Gasteiger partial charge in [0.1, 0.15) is 0 Å². The van der Waals surface area contributed by atoms with E-state index in [1.54, 1.807) is 6.08 Å². The van der Waals surface area contributed by atoms with E-state index >= 15 is 0 Å². The van der Waals surface area contributed by atoms with Crippen LogP contribution in [0.15, 0.2) is 66.7 Å². The van der Waals surface area contributed by atoms with E-state index in [0.29, 0.717) is 51.9 Å². The van der Waals surface area contributed by atoms with Crippen LogP contribution in [-0.2, 0) is 14.4 Å². The van der Waals surface area contributed by atoms with E-state index in [-0.39, 0.29) is 29.6 Å². The van der Waals surface area contributed by atoms with Crippen molar-refractivity contribution in [3.05, 3.63) is 72.3 Å². The number of rotatable bonds is 5. The number of para-hydroxylation sites is 1. The smallest absolute Gasteiger partial charge is 0.246 e. The highest BCUT2D eigenvalue weighted by Crippen LogP contribution is 2.25. The Balaban J connectivity index is 1.20. The molecule has 33 heavy (non-hydrogen) atoms. The number of benzene rings is 2. The summed E-state index contributed by atoms with van der Waals surface area (Å²) in [5.74, 6) is 0.0921. The molecule has 2 fully saturated rings. The van der Waals surface area contributed by atoms with Gasteiger partial charge in [-0.2, -0.15) is 0 Å². The lowest BCUT2D eigenvalue weighted by Crippen LogP contribution is -2.47. The molecule has 4 rings (SSSR count). The van der Waals surface area contributed by atoms with Gasteiger partial charge in [0.25, 0.3) is 0 Å². The highest BCUT2D eigenvalue weighted by Gasteiger charge is 2.33. The minimum absolute atomic E-state index is 0.00463. The van der Waals surface area contributed by atoms with Gasteiger partial charge >= 0.3 is 0 Å². The summed E-state index contributed by atoms with van der Waals surface area (Å²) in [7, 11) is 0. The van der Waals surface area contributed by atoms with Crippen molar-refractivity contribution in [2.45, 2.75) is 25.7 Å². The van der Waals surface area contributed by atoms with Crippen LogP contribution in [0.3, 0.4) is 0 Å². The van der Waals surface area contributed by atoms with E-state index in [1.807, 2.05) is 76.5 Å². The molecule has 0 radical (unpaired) electrons.